The summed E-state index contributed by atoms with van der Waals surface area (Å²) in [6.07, 6.45) is 3.87. The van der Waals surface area contributed by atoms with Gasteiger partial charge in [0.05, 0.1) is 6.61 Å². The number of benzene rings is 1. The molecule has 1 saturated carbocycles. The maximum atomic E-state index is 11.4. The Balaban J connectivity index is 0.00000192. The highest BCUT2D eigenvalue weighted by atomic mass is 35.5. The lowest BCUT2D eigenvalue weighted by atomic mass is 10.3. The summed E-state index contributed by atoms with van der Waals surface area (Å²) >= 11 is 0. The zero-order valence-electron chi connectivity index (χ0n) is 13.5. The molecule has 1 amide bonds. The number of hydrogen-bond acceptors (Lipinski definition) is 4. The fourth-order valence-electron chi connectivity index (χ4n) is 3.18. The van der Waals surface area contributed by atoms with Crippen molar-refractivity contribution in [1.29, 1.82) is 0 Å². The van der Waals surface area contributed by atoms with Gasteiger partial charge in [0.15, 0.2) is 0 Å². The molecule has 1 aliphatic carbocycles. The molecule has 2 atom stereocenters. The quantitative estimate of drug-likeness (QED) is 0.739. The predicted molar refractivity (Wildman–Crippen MR) is 92.4 cm³/mol. The number of likely N-dealkylation sites (tertiary alicyclic amines) is 1. The molecule has 0 spiro atoms. The maximum Gasteiger partial charge on any atom is 0.250 e. The zero-order valence-corrected chi connectivity index (χ0v) is 14.3. The maximum absolute atomic E-state index is 11.4. The summed E-state index contributed by atoms with van der Waals surface area (Å²) in [4.78, 5) is 14.0. The predicted octanol–water partition coefficient (Wildman–Crippen LogP) is 2.56. The number of anilines is 1. The van der Waals surface area contributed by atoms with Crippen LogP contribution in [-0.2, 0) is 9.53 Å². The summed E-state index contributed by atoms with van der Waals surface area (Å²) in [5.74, 6) is 1.69. The molecule has 1 N–H and O–H groups in total. The van der Waals surface area contributed by atoms with E-state index in [2.05, 4.69) is 10.2 Å². The third-order valence-corrected chi connectivity index (χ3v) is 4.41. The minimum Gasteiger partial charge on any atom is -0.494 e. The molecular weight excluding hydrogens is 316 g/mol. The van der Waals surface area contributed by atoms with Crippen molar-refractivity contribution in [3.05, 3.63) is 24.3 Å². The number of ether oxygens (including phenoxy) is 2. The van der Waals surface area contributed by atoms with Crippen LogP contribution >= 0.6 is 12.4 Å². The molecule has 6 heteroatoms. The molecule has 5 nitrogen and oxygen atoms in total. The van der Waals surface area contributed by atoms with Crippen LogP contribution in [0.5, 0.6) is 5.75 Å². The van der Waals surface area contributed by atoms with E-state index in [1.165, 1.54) is 26.5 Å². The van der Waals surface area contributed by atoms with Crippen LogP contribution in [0.4, 0.5) is 5.69 Å². The van der Waals surface area contributed by atoms with Gasteiger partial charge in [0.1, 0.15) is 12.4 Å². The highest BCUT2D eigenvalue weighted by Gasteiger charge is 2.46. The summed E-state index contributed by atoms with van der Waals surface area (Å²) in [7, 11) is 1.50. The highest BCUT2D eigenvalue weighted by Crippen LogP contribution is 2.44. The number of rotatable bonds is 8. The first-order valence-corrected chi connectivity index (χ1v) is 8.02. The number of halogens is 1. The Bertz CT molecular complexity index is 509. The van der Waals surface area contributed by atoms with E-state index in [4.69, 9.17) is 9.47 Å². The lowest BCUT2D eigenvalue weighted by Gasteiger charge is -2.17. The normalized spacial score (nSPS) is 22.1. The van der Waals surface area contributed by atoms with Gasteiger partial charge >= 0.3 is 0 Å². The van der Waals surface area contributed by atoms with E-state index in [1.54, 1.807) is 0 Å². The number of nitrogens with one attached hydrogen (secondary N) is 1. The van der Waals surface area contributed by atoms with Crippen LogP contribution < -0.4 is 10.1 Å². The van der Waals surface area contributed by atoms with Crippen molar-refractivity contribution >= 4 is 24.0 Å². The van der Waals surface area contributed by atoms with Crippen LogP contribution in [0, 0.1) is 5.92 Å². The second-order valence-corrected chi connectivity index (χ2v) is 6.10. The van der Waals surface area contributed by atoms with E-state index in [0.717, 1.165) is 43.0 Å². The van der Waals surface area contributed by atoms with Gasteiger partial charge in [-0.25, -0.2) is 0 Å². The van der Waals surface area contributed by atoms with Crippen LogP contribution in [0.25, 0.3) is 0 Å². The number of nitrogens with zero attached hydrogens (tertiary/aromatic N) is 1. The molecule has 0 bridgehead atoms. The second kappa shape index (κ2) is 8.52. The van der Waals surface area contributed by atoms with E-state index in [-0.39, 0.29) is 24.9 Å². The Kier molecular flexibility index (Phi) is 6.69. The van der Waals surface area contributed by atoms with Crippen molar-refractivity contribution in [2.75, 3.05) is 38.7 Å². The van der Waals surface area contributed by atoms with Gasteiger partial charge in [-0.1, -0.05) is 0 Å². The molecule has 1 heterocycles. The van der Waals surface area contributed by atoms with E-state index in [1.807, 2.05) is 24.3 Å². The van der Waals surface area contributed by atoms with Crippen molar-refractivity contribution in [2.24, 2.45) is 5.92 Å². The standard InChI is InChI=1S/C17H24N2O3.ClH/c1-21-12-17(20)18-14-3-5-15(6-4-14)22-10-2-8-19-9-7-13-11-16(13)19;/h3-6,13,16H,2,7-12H2,1H3,(H,18,20);1H/t13-,16+;/m0./s1. The van der Waals surface area contributed by atoms with Gasteiger partial charge < -0.3 is 14.8 Å². The summed E-state index contributed by atoms with van der Waals surface area (Å²) < 4.78 is 10.5. The Morgan fingerprint density at radius 1 is 1.35 bits per heavy atom. The van der Waals surface area contributed by atoms with Gasteiger partial charge in [-0.05, 0) is 56.0 Å². The number of carbonyl (C=O) groups excluding carboxylic acids is 1. The Labute approximate surface area is 143 Å². The Morgan fingerprint density at radius 3 is 2.74 bits per heavy atom. The van der Waals surface area contributed by atoms with Crippen LogP contribution in [0.1, 0.15) is 19.3 Å². The van der Waals surface area contributed by atoms with E-state index in [9.17, 15) is 4.79 Å². The molecule has 0 radical (unpaired) electrons. The first kappa shape index (κ1) is 18.0. The average molecular weight is 341 g/mol. The number of piperidine rings is 1. The molecule has 23 heavy (non-hydrogen) atoms. The van der Waals surface area contributed by atoms with Gasteiger partial charge in [0.25, 0.3) is 0 Å². The third-order valence-electron chi connectivity index (χ3n) is 4.41. The second-order valence-electron chi connectivity index (χ2n) is 6.10. The smallest absolute Gasteiger partial charge is 0.250 e. The number of fused-ring (bicyclic) bond motifs is 1. The van der Waals surface area contributed by atoms with Crippen molar-refractivity contribution < 1.29 is 14.3 Å². The number of carbonyl (C=O) groups is 1. The van der Waals surface area contributed by atoms with Crippen molar-refractivity contribution in [1.82, 2.24) is 4.90 Å². The van der Waals surface area contributed by atoms with Crippen molar-refractivity contribution in [3.8, 4) is 5.75 Å². The molecule has 1 saturated heterocycles. The van der Waals surface area contributed by atoms with Crippen LogP contribution in [0.15, 0.2) is 24.3 Å². The molecule has 1 aliphatic heterocycles. The van der Waals surface area contributed by atoms with Gasteiger partial charge in [0, 0.05) is 25.4 Å². The molecular formula is C17H25ClN2O3. The summed E-state index contributed by atoms with van der Waals surface area (Å²) in [5.41, 5.74) is 0.756. The number of hydrogen-bond donors (Lipinski definition) is 1. The summed E-state index contributed by atoms with van der Waals surface area (Å²) in [6.45, 7) is 3.22. The van der Waals surface area contributed by atoms with Gasteiger partial charge in [-0.2, -0.15) is 0 Å². The van der Waals surface area contributed by atoms with Crippen LogP contribution in [-0.4, -0.2) is 50.3 Å². The van der Waals surface area contributed by atoms with Crippen LogP contribution in [0.2, 0.25) is 0 Å². The lowest BCUT2D eigenvalue weighted by Crippen LogP contribution is -2.25. The zero-order chi connectivity index (χ0) is 15.4. The first-order chi connectivity index (χ1) is 10.8. The minimum atomic E-state index is -0.153. The molecule has 0 unspecified atom stereocenters. The molecule has 1 aromatic rings. The van der Waals surface area contributed by atoms with Crippen molar-refractivity contribution in [2.45, 2.75) is 25.3 Å². The fraction of sp³-hybridized carbons (Fsp3) is 0.588. The topological polar surface area (TPSA) is 50.8 Å². The third kappa shape index (κ3) is 5.09. The van der Waals surface area contributed by atoms with Gasteiger partial charge in [-0.3, -0.25) is 9.69 Å². The van der Waals surface area contributed by atoms with E-state index < -0.39 is 0 Å². The molecule has 3 rings (SSSR count). The lowest BCUT2D eigenvalue weighted by molar-refractivity contribution is -0.119. The summed E-state index contributed by atoms with van der Waals surface area (Å²) in [6, 6.07) is 8.34. The Morgan fingerprint density at radius 2 is 2.13 bits per heavy atom. The molecule has 0 aromatic heterocycles. The van der Waals surface area contributed by atoms with E-state index in [0.29, 0.717) is 0 Å². The van der Waals surface area contributed by atoms with Crippen LogP contribution in [0.3, 0.4) is 0 Å². The number of methoxy groups -OCH3 is 1. The summed E-state index contributed by atoms with van der Waals surface area (Å²) in [5, 5.41) is 2.76. The number of amides is 1. The van der Waals surface area contributed by atoms with E-state index >= 15 is 0 Å². The first-order valence-electron chi connectivity index (χ1n) is 8.02. The largest absolute Gasteiger partial charge is 0.494 e. The molecule has 1 aromatic carbocycles. The molecule has 2 aliphatic rings. The Hall–Kier alpha value is -1.30. The minimum absolute atomic E-state index is 0. The van der Waals surface area contributed by atoms with Gasteiger partial charge in [-0.15, -0.1) is 12.4 Å². The SMILES string of the molecule is COCC(=O)Nc1ccc(OCCCN2CC[C@H]3C[C@H]32)cc1.Cl. The fourth-order valence-corrected chi connectivity index (χ4v) is 3.18. The van der Waals surface area contributed by atoms with Crippen molar-refractivity contribution in [3.63, 3.8) is 0 Å². The average Bonchev–Trinajstić information content (AvgIpc) is 3.19. The van der Waals surface area contributed by atoms with Gasteiger partial charge in [0.2, 0.25) is 5.91 Å². The molecule has 128 valence electrons. The molecule has 2 fully saturated rings. The highest BCUT2D eigenvalue weighted by molar-refractivity contribution is 5.91. The monoisotopic (exact) mass is 340 g/mol.